The Kier molecular flexibility index (Phi) is 4.80. The second kappa shape index (κ2) is 7.04. The fraction of sp³-hybridized carbons (Fsp3) is 0.238. The van der Waals surface area contributed by atoms with Gasteiger partial charge in [0, 0.05) is 18.1 Å². The summed E-state index contributed by atoms with van der Waals surface area (Å²) in [6, 6.07) is 11.7. The summed E-state index contributed by atoms with van der Waals surface area (Å²) in [6.07, 6.45) is 0. The highest BCUT2D eigenvalue weighted by Crippen LogP contribution is 2.40. The molecule has 3 aromatic carbocycles. The van der Waals surface area contributed by atoms with Gasteiger partial charge in [-0.15, -0.1) is 10.2 Å². The first kappa shape index (κ1) is 17.7. The molecule has 26 heavy (non-hydrogen) atoms. The Bertz CT molecular complexity index is 1010. The Morgan fingerprint density at radius 2 is 1.65 bits per heavy atom. The third-order valence-electron chi connectivity index (χ3n) is 4.62. The van der Waals surface area contributed by atoms with E-state index in [1.807, 2.05) is 64.2 Å². The molecule has 3 aromatic rings. The van der Waals surface area contributed by atoms with Crippen molar-refractivity contribution < 1.29 is 9.84 Å². The van der Waals surface area contributed by atoms with Crippen LogP contribution in [0.4, 0.5) is 17.1 Å². The molecule has 0 aliphatic heterocycles. The fourth-order valence-electron chi connectivity index (χ4n) is 2.92. The molecule has 5 heteroatoms. The third-order valence-corrected chi connectivity index (χ3v) is 4.62. The van der Waals surface area contributed by atoms with E-state index in [9.17, 15) is 5.11 Å². The van der Waals surface area contributed by atoms with Crippen LogP contribution in [-0.4, -0.2) is 19.3 Å². The van der Waals surface area contributed by atoms with E-state index in [0.29, 0.717) is 17.1 Å². The van der Waals surface area contributed by atoms with Gasteiger partial charge >= 0.3 is 0 Å². The number of nitrogens with zero attached hydrogens (tertiary/aromatic N) is 2. The Morgan fingerprint density at radius 3 is 2.35 bits per heavy atom. The summed E-state index contributed by atoms with van der Waals surface area (Å²) in [5.41, 5.74) is 5.19. The van der Waals surface area contributed by atoms with Crippen molar-refractivity contribution in [3.8, 4) is 11.5 Å². The molecule has 0 spiro atoms. The molecule has 0 saturated carbocycles. The topological polar surface area (TPSA) is 66.2 Å². The number of hydrogen-bond donors (Lipinski definition) is 2. The van der Waals surface area contributed by atoms with Crippen molar-refractivity contribution in [2.24, 2.45) is 10.2 Å². The fourth-order valence-corrected chi connectivity index (χ4v) is 2.92. The summed E-state index contributed by atoms with van der Waals surface area (Å²) in [6.45, 7) is 5.96. The number of benzene rings is 3. The summed E-state index contributed by atoms with van der Waals surface area (Å²) < 4.78 is 5.40. The third kappa shape index (κ3) is 3.20. The second-order valence-electron chi connectivity index (χ2n) is 6.38. The lowest BCUT2D eigenvalue weighted by Crippen LogP contribution is -1.88. The van der Waals surface area contributed by atoms with Gasteiger partial charge in [-0.2, -0.15) is 0 Å². The molecule has 0 aliphatic carbocycles. The van der Waals surface area contributed by atoms with Gasteiger partial charge in [0.05, 0.1) is 7.11 Å². The minimum absolute atomic E-state index is 0.134. The van der Waals surface area contributed by atoms with Crippen LogP contribution in [-0.2, 0) is 0 Å². The predicted octanol–water partition coefficient (Wildman–Crippen LogP) is 5.94. The zero-order valence-corrected chi connectivity index (χ0v) is 15.7. The maximum absolute atomic E-state index is 10.7. The monoisotopic (exact) mass is 349 g/mol. The number of methoxy groups -OCH3 is 1. The lowest BCUT2D eigenvalue weighted by molar-refractivity contribution is 0.415. The van der Waals surface area contributed by atoms with Crippen LogP contribution in [0.3, 0.4) is 0 Å². The minimum atomic E-state index is 0.134. The van der Waals surface area contributed by atoms with Crippen molar-refractivity contribution in [1.82, 2.24) is 0 Å². The van der Waals surface area contributed by atoms with Crippen LogP contribution in [0.2, 0.25) is 0 Å². The van der Waals surface area contributed by atoms with Gasteiger partial charge in [0.2, 0.25) is 0 Å². The average molecular weight is 349 g/mol. The van der Waals surface area contributed by atoms with E-state index in [-0.39, 0.29) is 5.75 Å². The molecule has 2 N–H and O–H groups in total. The number of hydrogen-bond acceptors (Lipinski definition) is 5. The van der Waals surface area contributed by atoms with E-state index in [2.05, 4.69) is 15.5 Å². The molecule has 0 saturated heterocycles. The summed E-state index contributed by atoms with van der Waals surface area (Å²) >= 11 is 0. The maximum atomic E-state index is 10.7. The van der Waals surface area contributed by atoms with Crippen molar-refractivity contribution in [2.45, 2.75) is 20.8 Å². The molecule has 3 rings (SSSR count). The van der Waals surface area contributed by atoms with Gasteiger partial charge in [0.15, 0.2) is 5.75 Å². The molecule has 0 bridgehead atoms. The lowest BCUT2D eigenvalue weighted by Gasteiger charge is -2.10. The van der Waals surface area contributed by atoms with Gasteiger partial charge in [-0.25, -0.2) is 0 Å². The van der Waals surface area contributed by atoms with Crippen LogP contribution in [0.15, 0.2) is 46.6 Å². The first-order chi connectivity index (χ1) is 12.4. The first-order valence-corrected chi connectivity index (χ1v) is 8.45. The first-order valence-electron chi connectivity index (χ1n) is 8.45. The lowest BCUT2D eigenvalue weighted by atomic mass is 10.0. The van der Waals surface area contributed by atoms with Crippen LogP contribution in [0.5, 0.6) is 11.5 Å². The van der Waals surface area contributed by atoms with E-state index in [1.165, 1.54) is 0 Å². The van der Waals surface area contributed by atoms with Crippen LogP contribution < -0.4 is 10.1 Å². The summed E-state index contributed by atoms with van der Waals surface area (Å²) in [5.74, 6) is 0.794. The number of ether oxygens (including phenoxy) is 1. The van der Waals surface area contributed by atoms with Crippen molar-refractivity contribution in [3.63, 3.8) is 0 Å². The average Bonchev–Trinajstić information content (AvgIpc) is 2.63. The van der Waals surface area contributed by atoms with Crippen molar-refractivity contribution >= 4 is 27.8 Å². The van der Waals surface area contributed by atoms with Crippen LogP contribution >= 0.6 is 0 Å². The smallest absolute Gasteiger partial charge is 0.151 e. The van der Waals surface area contributed by atoms with Gasteiger partial charge in [0.25, 0.3) is 0 Å². The quantitative estimate of drug-likeness (QED) is 0.573. The van der Waals surface area contributed by atoms with E-state index in [0.717, 1.165) is 33.2 Å². The Morgan fingerprint density at radius 1 is 0.923 bits per heavy atom. The van der Waals surface area contributed by atoms with Gasteiger partial charge in [-0.3, -0.25) is 0 Å². The number of aryl methyl sites for hydroxylation is 3. The highest BCUT2D eigenvalue weighted by atomic mass is 16.5. The van der Waals surface area contributed by atoms with Crippen LogP contribution in [0.1, 0.15) is 16.7 Å². The molecule has 0 heterocycles. The van der Waals surface area contributed by atoms with Crippen molar-refractivity contribution in [3.05, 3.63) is 53.1 Å². The number of aromatic hydroxyl groups is 1. The van der Waals surface area contributed by atoms with E-state index in [1.54, 1.807) is 7.11 Å². The molecule has 134 valence electrons. The Balaban J connectivity index is 2.09. The number of azo groups is 1. The Hall–Kier alpha value is -3.08. The molecule has 0 amide bonds. The number of phenolic OH excluding ortho intramolecular Hbond substituents is 1. The highest BCUT2D eigenvalue weighted by Gasteiger charge is 2.12. The normalized spacial score (nSPS) is 11.3. The molecule has 0 aromatic heterocycles. The van der Waals surface area contributed by atoms with Crippen molar-refractivity contribution in [1.29, 1.82) is 0 Å². The molecule has 0 radical (unpaired) electrons. The van der Waals surface area contributed by atoms with Crippen molar-refractivity contribution in [2.75, 3.05) is 19.5 Å². The molecule has 0 atom stereocenters. The zero-order valence-electron chi connectivity index (χ0n) is 15.7. The predicted molar refractivity (Wildman–Crippen MR) is 107 cm³/mol. The summed E-state index contributed by atoms with van der Waals surface area (Å²) in [5, 5.41) is 24.2. The van der Waals surface area contributed by atoms with Gasteiger partial charge in [-0.1, -0.05) is 0 Å². The molecule has 0 aliphatic rings. The largest absolute Gasteiger partial charge is 0.505 e. The molecule has 0 fully saturated rings. The van der Waals surface area contributed by atoms with Crippen LogP contribution in [0, 0.1) is 20.8 Å². The number of phenols is 1. The van der Waals surface area contributed by atoms with E-state index < -0.39 is 0 Å². The second-order valence-corrected chi connectivity index (χ2v) is 6.38. The standard InChI is InChI=1S/C21H23N3O2/c1-12-9-18(19(26-5)10-13(12)2)23-24-20-14(3)8-15-11-16(22-4)6-7-17(15)21(20)25/h6-11,22,25H,1-5H3. The summed E-state index contributed by atoms with van der Waals surface area (Å²) in [4.78, 5) is 0. The molecule has 5 nitrogen and oxygen atoms in total. The van der Waals surface area contributed by atoms with Crippen LogP contribution in [0.25, 0.3) is 10.8 Å². The van der Waals surface area contributed by atoms with Gasteiger partial charge in [0.1, 0.15) is 17.1 Å². The number of nitrogens with one attached hydrogen (secondary N) is 1. The highest BCUT2D eigenvalue weighted by molar-refractivity contribution is 5.95. The molecular weight excluding hydrogens is 326 g/mol. The SMILES string of the molecule is CNc1ccc2c(O)c(N=Nc3cc(C)c(C)cc3OC)c(C)cc2c1. The Labute approximate surface area is 153 Å². The number of fused-ring (bicyclic) bond motifs is 1. The maximum Gasteiger partial charge on any atom is 0.151 e. The minimum Gasteiger partial charge on any atom is -0.505 e. The molecular formula is C21H23N3O2. The van der Waals surface area contributed by atoms with Gasteiger partial charge in [-0.05, 0) is 79.2 Å². The van der Waals surface area contributed by atoms with E-state index in [4.69, 9.17) is 4.74 Å². The summed E-state index contributed by atoms with van der Waals surface area (Å²) in [7, 11) is 3.48. The molecule has 0 unspecified atom stereocenters. The van der Waals surface area contributed by atoms with Gasteiger partial charge < -0.3 is 15.2 Å². The van der Waals surface area contributed by atoms with E-state index >= 15 is 0 Å². The zero-order chi connectivity index (χ0) is 18.8. The number of anilines is 1. The number of rotatable bonds is 4.